The molecule has 0 aliphatic carbocycles. The first-order valence-corrected chi connectivity index (χ1v) is 7.07. The number of hydrogen-bond donors (Lipinski definition) is 2. The Labute approximate surface area is 120 Å². The molecule has 20 heavy (non-hydrogen) atoms. The van der Waals surface area contributed by atoms with Gasteiger partial charge in [0.05, 0.1) is 13.2 Å². The van der Waals surface area contributed by atoms with Crippen LogP contribution in [0.3, 0.4) is 0 Å². The van der Waals surface area contributed by atoms with Crippen molar-refractivity contribution in [2.45, 2.75) is 18.9 Å². The Morgan fingerprint density at radius 1 is 1.45 bits per heavy atom. The van der Waals surface area contributed by atoms with E-state index in [1.54, 1.807) is 7.11 Å². The SMILES string of the molecule is COc1ccc(CCC(=O)N2CCNCC2CN)cc1. The Kier molecular flexibility index (Phi) is 5.38. The van der Waals surface area contributed by atoms with Gasteiger partial charge in [-0.1, -0.05) is 12.1 Å². The maximum atomic E-state index is 12.3. The molecule has 1 amide bonds. The zero-order valence-corrected chi connectivity index (χ0v) is 12.0. The van der Waals surface area contributed by atoms with Crippen LogP contribution in [-0.2, 0) is 11.2 Å². The van der Waals surface area contributed by atoms with Crippen molar-refractivity contribution in [2.75, 3.05) is 33.3 Å². The number of aryl methyl sites for hydroxylation is 1. The van der Waals surface area contributed by atoms with Crippen LogP contribution in [0.4, 0.5) is 0 Å². The van der Waals surface area contributed by atoms with Gasteiger partial charge in [-0.2, -0.15) is 0 Å². The quantitative estimate of drug-likeness (QED) is 0.817. The van der Waals surface area contributed by atoms with Crippen molar-refractivity contribution in [3.05, 3.63) is 29.8 Å². The van der Waals surface area contributed by atoms with E-state index >= 15 is 0 Å². The second-order valence-corrected chi connectivity index (χ2v) is 5.03. The van der Waals surface area contributed by atoms with Gasteiger partial charge in [0.25, 0.3) is 0 Å². The van der Waals surface area contributed by atoms with Crippen molar-refractivity contribution in [1.82, 2.24) is 10.2 Å². The number of amides is 1. The number of methoxy groups -OCH3 is 1. The molecule has 0 aromatic heterocycles. The van der Waals surface area contributed by atoms with Gasteiger partial charge in [0, 0.05) is 32.6 Å². The van der Waals surface area contributed by atoms with E-state index in [4.69, 9.17) is 10.5 Å². The number of rotatable bonds is 5. The maximum Gasteiger partial charge on any atom is 0.223 e. The van der Waals surface area contributed by atoms with Crippen LogP contribution in [0.1, 0.15) is 12.0 Å². The van der Waals surface area contributed by atoms with E-state index in [1.165, 1.54) is 0 Å². The lowest BCUT2D eigenvalue weighted by Gasteiger charge is -2.35. The highest BCUT2D eigenvalue weighted by Crippen LogP contribution is 2.14. The Morgan fingerprint density at radius 2 is 2.20 bits per heavy atom. The second-order valence-electron chi connectivity index (χ2n) is 5.03. The molecule has 0 radical (unpaired) electrons. The molecule has 110 valence electrons. The number of nitrogens with one attached hydrogen (secondary N) is 1. The summed E-state index contributed by atoms with van der Waals surface area (Å²) in [7, 11) is 1.65. The van der Waals surface area contributed by atoms with Crippen molar-refractivity contribution in [2.24, 2.45) is 5.73 Å². The Bertz CT molecular complexity index is 433. The summed E-state index contributed by atoms with van der Waals surface area (Å²) >= 11 is 0. The summed E-state index contributed by atoms with van der Waals surface area (Å²) in [6.45, 7) is 2.92. The average Bonchev–Trinajstić information content (AvgIpc) is 2.53. The lowest BCUT2D eigenvalue weighted by Crippen LogP contribution is -2.56. The Morgan fingerprint density at radius 3 is 2.85 bits per heavy atom. The fourth-order valence-corrected chi connectivity index (χ4v) is 2.49. The lowest BCUT2D eigenvalue weighted by molar-refractivity contribution is -0.134. The van der Waals surface area contributed by atoms with Crippen molar-refractivity contribution in [1.29, 1.82) is 0 Å². The number of carbonyl (C=O) groups is 1. The molecule has 1 aromatic carbocycles. The van der Waals surface area contributed by atoms with Crippen LogP contribution in [0.15, 0.2) is 24.3 Å². The number of piperazine rings is 1. The number of hydrogen-bond acceptors (Lipinski definition) is 4. The molecule has 1 aliphatic heterocycles. The van der Waals surface area contributed by atoms with E-state index in [1.807, 2.05) is 29.2 Å². The highest BCUT2D eigenvalue weighted by molar-refractivity contribution is 5.77. The molecule has 3 N–H and O–H groups in total. The van der Waals surface area contributed by atoms with Gasteiger partial charge in [-0.15, -0.1) is 0 Å². The summed E-state index contributed by atoms with van der Waals surface area (Å²) in [5.74, 6) is 1.03. The van der Waals surface area contributed by atoms with Gasteiger partial charge < -0.3 is 20.7 Å². The molecular formula is C15H23N3O2. The van der Waals surface area contributed by atoms with Crippen LogP contribution >= 0.6 is 0 Å². The van der Waals surface area contributed by atoms with Crippen molar-refractivity contribution >= 4 is 5.91 Å². The minimum Gasteiger partial charge on any atom is -0.497 e. The molecule has 1 aromatic rings. The first-order chi connectivity index (χ1) is 9.74. The standard InChI is InChI=1S/C15H23N3O2/c1-20-14-5-2-12(3-6-14)4-7-15(19)18-9-8-17-11-13(18)10-16/h2-3,5-6,13,17H,4,7-11,16H2,1H3. The zero-order valence-electron chi connectivity index (χ0n) is 12.0. The predicted molar refractivity (Wildman–Crippen MR) is 78.7 cm³/mol. The molecule has 1 atom stereocenters. The predicted octanol–water partition coefficient (Wildman–Crippen LogP) is 0.387. The molecule has 1 unspecified atom stereocenters. The van der Waals surface area contributed by atoms with Crippen LogP contribution in [0.5, 0.6) is 5.75 Å². The zero-order chi connectivity index (χ0) is 14.4. The molecular weight excluding hydrogens is 254 g/mol. The monoisotopic (exact) mass is 277 g/mol. The first kappa shape index (κ1) is 14.8. The van der Waals surface area contributed by atoms with Gasteiger partial charge in [-0.05, 0) is 24.1 Å². The number of ether oxygens (including phenoxy) is 1. The van der Waals surface area contributed by atoms with Gasteiger partial charge in [-0.25, -0.2) is 0 Å². The molecule has 5 nitrogen and oxygen atoms in total. The molecule has 1 saturated heterocycles. The summed E-state index contributed by atoms with van der Waals surface area (Å²) in [6, 6.07) is 7.99. The minimum absolute atomic E-state index is 0.132. The first-order valence-electron chi connectivity index (χ1n) is 7.07. The number of benzene rings is 1. The fraction of sp³-hybridized carbons (Fsp3) is 0.533. The van der Waals surface area contributed by atoms with E-state index in [-0.39, 0.29) is 11.9 Å². The van der Waals surface area contributed by atoms with Crippen LogP contribution < -0.4 is 15.8 Å². The normalized spacial score (nSPS) is 18.9. The molecule has 1 fully saturated rings. The molecule has 0 saturated carbocycles. The molecule has 2 rings (SSSR count). The molecule has 5 heteroatoms. The third-order valence-electron chi connectivity index (χ3n) is 3.73. The highest BCUT2D eigenvalue weighted by atomic mass is 16.5. The summed E-state index contributed by atoms with van der Waals surface area (Å²) < 4.78 is 5.12. The minimum atomic E-state index is 0.132. The van der Waals surface area contributed by atoms with Crippen molar-refractivity contribution < 1.29 is 9.53 Å². The molecule has 1 heterocycles. The van der Waals surface area contributed by atoms with Gasteiger partial charge in [0.15, 0.2) is 0 Å². The van der Waals surface area contributed by atoms with Crippen LogP contribution in [0.2, 0.25) is 0 Å². The molecule has 1 aliphatic rings. The summed E-state index contributed by atoms with van der Waals surface area (Å²) in [5, 5.41) is 3.27. The number of nitrogens with two attached hydrogens (primary N) is 1. The van der Waals surface area contributed by atoms with Crippen molar-refractivity contribution in [3.8, 4) is 5.75 Å². The van der Waals surface area contributed by atoms with E-state index in [0.29, 0.717) is 13.0 Å². The third kappa shape index (κ3) is 3.71. The van der Waals surface area contributed by atoms with Gasteiger partial charge in [0.2, 0.25) is 5.91 Å². The lowest BCUT2D eigenvalue weighted by atomic mass is 10.1. The Balaban J connectivity index is 1.87. The largest absolute Gasteiger partial charge is 0.497 e. The topological polar surface area (TPSA) is 67.6 Å². The average molecular weight is 277 g/mol. The summed E-state index contributed by atoms with van der Waals surface area (Å²) in [6.07, 6.45) is 1.28. The smallest absolute Gasteiger partial charge is 0.223 e. The second kappa shape index (κ2) is 7.26. The summed E-state index contributed by atoms with van der Waals surface area (Å²) in [4.78, 5) is 14.2. The number of nitrogens with zero attached hydrogens (tertiary/aromatic N) is 1. The van der Waals surface area contributed by atoms with E-state index in [2.05, 4.69) is 5.32 Å². The van der Waals surface area contributed by atoms with E-state index in [0.717, 1.165) is 37.4 Å². The van der Waals surface area contributed by atoms with Crippen molar-refractivity contribution in [3.63, 3.8) is 0 Å². The fourth-order valence-electron chi connectivity index (χ4n) is 2.49. The van der Waals surface area contributed by atoms with Gasteiger partial charge >= 0.3 is 0 Å². The third-order valence-corrected chi connectivity index (χ3v) is 3.73. The number of carbonyl (C=O) groups excluding carboxylic acids is 1. The molecule has 0 bridgehead atoms. The van der Waals surface area contributed by atoms with E-state index < -0.39 is 0 Å². The van der Waals surface area contributed by atoms with Gasteiger partial charge in [0.1, 0.15) is 5.75 Å². The van der Waals surface area contributed by atoms with Gasteiger partial charge in [-0.3, -0.25) is 4.79 Å². The molecule has 0 spiro atoms. The van der Waals surface area contributed by atoms with Crippen LogP contribution in [0, 0.1) is 0 Å². The maximum absolute atomic E-state index is 12.3. The Hall–Kier alpha value is -1.59. The van der Waals surface area contributed by atoms with Crippen LogP contribution in [0.25, 0.3) is 0 Å². The summed E-state index contributed by atoms with van der Waals surface area (Å²) in [5.41, 5.74) is 6.87. The van der Waals surface area contributed by atoms with Crippen LogP contribution in [-0.4, -0.2) is 50.1 Å². The van der Waals surface area contributed by atoms with E-state index in [9.17, 15) is 4.79 Å². The highest BCUT2D eigenvalue weighted by Gasteiger charge is 2.24.